The fraction of sp³-hybridized carbons (Fsp3) is 0.483. The highest BCUT2D eigenvalue weighted by atomic mass is 35.5. The SMILES string of the molecule is CCCNc1ncnc(N2CC[C@@H](Oc3ccc([C@H](C)CC(=O)c4sc(CC(=O)CC)nc4C)cc3)C2)c1Cl. The molecule has 1 N–H and O–H groups in total. The number of ether oxygens (including phenoxy) is 1. The van der Waals surface area contributed by atoms with Gasteiger partial charge in [-0.2, -0.15) is 0 Å². The molecule has 10 heteroatoms. The van der Waals surface area contributed by atoms with E-state index in [4.69, 9.17) is 16.3 Å². The van der Waals surface area contributed by atoms with Crippen LogP contribution in [-0.2, 0) is 11.2 Å². The molecule has 1 aromatic carbocycles. The van der Waals surface area contributed by atoms with Gasteiger partial charge in [0.05, 0.1) is 23.5 Å². The fourth-order valence-electron chi connectivity index (χ4n) is 4.60. The smallest absolute Gasteiger partial charge is 0.175 e. The molecule has 0 radical (unpaired) electrons. The molecule has 2 aromatic heterocycles. The molecule has 1 aliphatic heterocycles. The number of carbonyl (C=O) groups excluding carboxylic acids is 2. The molecule has 4 rings (SSSR count). The zero-order chi connectivity index (χ0) is 27.9. The van der Waals surface area contributed by atoms with Crippen molar-refractivity contribution in [3.05, 3.63) is 56.8 Å². The molecule has 39 heavy (non-hydrogen) atoms. The summed E-state index contributed by atoms with van der Waals surface area (Å²) < 4.78 is 6.26. The van der Waals surface area contributed by atoms with E-state index in [0.717, 1.165) is 48.1 Å². The number of thiazole rings is 1. The highest BCUT2D eigenvalue weighted by Gasteiger charge is 2.28. The number of hydrogen-bond donors (Lipinski definition) is 1. The summed E-state index contributed by atoms with van der Waals surface area (Å²) in [6, 6.07) is 7.99. The molecule has 208 valence electrons. The normalized spacial score (nSPS) is 15.8. The molecule has 8 nitrogen and oxygen atoms in total. The second-order valence-corrected chi connectivity index (χ2v) is 11.4. The van der Waals surface area contributed by atoms with Crippen LogP contribution in [0.1, 0.15) is 78.3 Å². The van der Waals surface area contributed by atoms with Crippen LogP contribution in [0, 0.1) is 6.92 Å². The zero-order valence-corrected chi connectivity index (χ0v) is 24.6. The Labute approximate surface area is 239 Å². The van der Waals surface area contributed by atoms with Crippen molar-refractivity contribution in [2.75, 3.05) is 29.9 Å². The lowest BCUT2D eigenvalue weighted by molar-refractivity contribution is -0.118. The van der Waals surface area contributed by atoms with E-state index in [1.807, 2.05) is 38.1 Å². The summed E-state index contributed by atoms with van der Waals surface area (Å²) in [4.78, 5) is 40.7. The molecular weight excluding hydrogens is 534 g/mol. The fourth-order valence-corrected chi connectivity index (χ4v) is 5.93. The largest absolute Gasteiger partial charge is 0.489 e. The van der Waals surface area contributed by atoms with Crippen LogP contribution in [0.5, 0.6) is 5.75 Å². The molecule has 0 unspecified atom stereocenters. The first kappa shape index (κ1) is 29.0. The Morgan fingerprint density at radius 3 is 2.72 bits per heavy atom. The highest BCUT2D eigenvalue weighted by molar-refractivity contribution is 7.14. The molecule has 0 spiro atoms. The average molecular weight is 570 g/mol. The molecule has 0 aliphatic carbocycles. The number of nitrogens with zero attached hydrogens (tertiary/aromatic N) is 4. The van der Waals surface area contributed by atoms with Crippen LogP contribution in [0.2, 0.25) is 5.02 Å². The molecule has 0 amide bonds. The number of aromatic nitrogens is 3. The van der Waals surface area contributed by atoms with Gasteiger partial charge in [-0.1, -0.05) is 44.5 Å². The van der Waals surface area contributed by atoms with Crippen molar-refractivity contribution in [1.82, 2.24) is 15.0 Å². The number of nitrogens with one attached hydrogen (secondary N) is 1. The van der Waals surface area contributed by atoms with Gasteiger partial charge in [-0.05, 0) is 37.0 Å². The van der Waals surface area contributed by atoms with E-state index in [2.05, 4.69) is 39.0 Å². The predicted octanol–water partition coefficient (Wildman–Crippen LogP) is 6.27. The zero-order valence-electron chi connectivity index (χ0n) is 23.0. The van der Waals surface area contributed by atoms with Gasteiger partial charge in [0.1, 0.15) is 39.8 Å². The minimum Gasteiger partial charge on any atom is -0.489 e. The highest BCUT2D eigenvalue weighted by Crippen LogP contribution is 2.32. The number of anilines is 2. The number of carbonyl (C=O) groups is 2. The monoisotopic (exact) mass is 569 g/mol. The molecule has 1 aliphatic rings. The lowest BCUT2D eigenvalue weighted by Gasteiger charge is -2.20. The Morgan fingerprint density at radius 2 is 2.00 bits per heavy atom. The number of aryl methyl sites for hydroxylation is 1. The molecule has 0 bridgehead atoms. The Hall–Kier alpha value is -3.04. The second-order valence-electron chi connectivity index (χ2n) is 9.95. The Balaban J connectivity index is 1.32. The third-order valence-corrected chi connectivity index (χ3v) is 8.38. The van der Waals surface area contributed by atoms with E-state index in [1.165, 1.54) is 11.3 Å². The summed E-state index contributed by atoms with van der Waals surface area (Å²) in [6.07, 6.45) is 4.58. The van der Waals surface area contributed by atoms with Crippen LogP contribution < -0.4 is 15.0 Å². The third kappa shape index (κ3) is 7.33. The maximum atomic E-state index is 13.0. The van der Waals surface area contributed by atoms with E-state index >= 15 is 0 Å². The molecule has 1 fully saturated rings. The van der Waals surface area contributed by atoms with Crippen molar-refractivity contribution < 1.29 is 14.3 Å². The number of benzene rings is 1. The minimum absolute atomic E-state index is 0.0241. The Bertz CT molecular complexity index is 1300. The maximum Gasteiger partial charge on any atom is 0.175 e. The van der Waals surface area contributed by atoms with E-state index < -0.39 is 0 Å². The number of Topliss-reactive ketones (excluding diaryl/α,β-unsaturated/α-hetero) is 2. The van der Waals surface area contributed by atoms with Crippen molar-refractivity contribution in [1.29, 1.82) is 0 Å². The first-order chi connectivity index (χ1) is 18.8. The van der Waals surface area contributed by atoms with E-state index in [1.54, 1.807) is 6.33 Å². The number of rotatable bonds is 13. The summed E-state index contributed by atoms with van der Waals surface area (Å²) in [6.45, 7) is 10.1. The van der Waals surface area contributed by atoms with E-state index in [9.17, 15) is 9.59 Å². The van der Waals surface area contributed by atoms with Gasteiger partial charge in [-0.3, -0.25) is 9.59 Å². The van der Waals surface area contributed by atoms with Crippen molar-refractivity contribution in [3.63, 3.8) is 0 Å². The van der Waals surface area contributed by atoms with Crippen LogP contribution in [0.3, 0.4) is 0 Å². The third-order valence-electron chi connectivity index (χ3n) is 6.84. The van der Waals surface area contributed by atoms with Gasteiger partial charge >= 0.3 is 0 Å². The standard InChI is InChI=1S/C29H36ClN5O3S/c1-5-12-31-28-26(30)29(33-17-32-28)35-13-11-23(16-35)38-22-9-7-20(8-10-22)18(3)14-24(37)27-19(4)34-25(39-27)15-21(36)6-2/h7-10,17-18,23H,5-6,11-16H2,1-4H3,(H,31,32,33)/t18-,23-/m1/s1. The maximum absolute atomic E-state index is 13.0. The van der Waals surface area contributed by atoms with Gasteiger partial charge in [0.15, 0.2) is 11.6 Å². The summed E-state index contributed by atoms with van der Waals surface area (Å²) in [5.41, 5.74) is 1.79. The minimum atomic E-state index is 0.0241. The van der Waals surface area contributed by atoms with Crippen molar-refractivity contribution in [2.24, 2.45) is 0 Å². The molecular formula is C29H36ClN5O3S. The van der Waals surface area contributed by atoms with Gasteiger partial charge in [0.2, 0.25) is 0 Å². The van der Waals surface area contributed by atoms with E-state index in [-0.39, 0.29) is 23.6 Å². The van der Waals surface area contributed by atoms with Gasteiger partial charge in [-0.25, -0.2) is 15.0 Å². The Kier molecular flexibility index (Phi) is 9.91. The van der Waals surface area contributed by atoms with Crippen LogP contribution in [-0.4, -0.2) is 52.3 Å². The van der Waals surface area contributed by atoms with Crippen LogP contribution in [0.15, 0.2) is 30.6 Å². The van der Waals surface area contributed by atoms with Crippen molar-refractivity contribution in [3.8, 4) is 5.75 Å². The second kappa shape index (κ2) is 13.3. The van der Waals surface area contributed by atoms with Crippen LogP contribution in [0.4, 0.5) is 11.6 Å². The lowest BCUT2D eigenvalue weighted by atomic mass is 9.95. The topological polar surface area (TPSA) is 97.3 Å². The molecule has 0 saturated carbocycles. The predicted molar refractivity (Wildman–Crippen MR) is 157 cm³/mol. The summed E-state index contributed by atoms with van der Waals surface area (Å²) in [5, 5.41) is 4.51. The van der Waals surface area contributed by atoms with Gasteiger partial charge in [0, 0.05) is 32.4 Å². The van der Waals surface area contributed by atoms with E-state index in [0.29, 0.717) is 47.2 Å². The van der Waals surface area contributed by atoms with Gasteiger partial charge < -0.3 is 15.0 Å². The first-order valence-corrected chi connectivity index (χ1v) is 14.8. The van der Waals surface area contributed by atoms with Crippen LogP contribution >= 0.6 is 22.9 Å². The molecule has 1 saturated heterocycles. The lowest BCUT2D eigenvalue weighted by Crippen LogP contribution is -2.25. The van der Waals surface area contributed by atoms with Crippen molar-refractivity contribution >= 4 is 46.1 Å². The number of hydrogen-bond acceptors (Lipinski definition) is 9. The number of halogens is 1. The van der Waals surface area contributed by atoms with Gasteiger partial charge in [-0.15, -0.1) is 11.3 Å². The average Bonchev–Trinajstić information content (AvgIpc) is 3.54. The first-order valence-electron chi connectivity index (χ1n) is 13.6. The molecule has 3 heterocycles. The van der Waals surface area contributed by atoms with Crippen molar-refractivity contribution in [2.45, 2.75) is 71.8 Å². The molecule has 3 aromatic rings. The number of ketones is 2. The van der Waals surface area contributed by atoms with Gasteiger partial charge in [0.25, 0.3) is 0 Å². The van der Waals surface area contributed by atoms with Crippen LogP contribution in [0.25, 0.3) is 0 Å². The Morgan fingerprint density at radius 1 is 1.23 bits per heavy atom. The summed E-state index contributed by atoms with van der Waals surface area (Å²) >= 11 is 7.93. The summed E-state index contributed by atoms with van der Waals surface area (Å²) in [5.74, 6) is 2.43. The molecule has 2 atom stereocenters. The summed E-state index contributed by atoms with van der Waals surface area (Å²) in [7, 11) is 0. The quantitative estimate of drug-likeness (QED) is 0.240.